The second kappa shape index (κ2) is 5.60. The third-order valence-corrected chi connectivity index (χ3v) is 3.01. The van der Waals surface area contributed by atoms with E-state index in [2.05, 4.69) is 16.9 Å². The van der Waals surface area contributed by atoms with Crippen molar-refractivity contribution in [1.29, 1.82) is 0 Å². The molecule has 0 unspecified atom stereocenters. The molecule has 2 rings (SSSR count). The van der Waals surface area contributed by atoms with Crippen molar-refractivity contribution in [2.75, 3.05) is 19.3 Å². The number of aliphatic imine (C=N–C) groups is 1. The average Bonchev–Trinajstić information content (AvgIpc) is 2.54. The zero-order valence-corrected chi connectivity index (χ0v) is 11.0. The molecule has 0 saturated carbocycles. The first-order chi connectivity index (χ1) is 6.36. The first kappa shape index (κ1) is 11.8. The molecule has 2 nitrogen and oxygen atoms in total. The molecule has 0 bridgehead atoms. The highest BCUT2D eigenvalue weighted by molar-refractivity contribution is 8.14. The van der Waals surface area contributed by atoms with Gasteiger partial charge in [0.2, 0.25) is 0 Å². The summed E-state index contributed by atoms with van der Waals surface area (Å²) in [6, 6.07) is 10.1. The highest BCUT2D eigenvalue weighted by Gasteiger charge is 2.14. The summed E-state index contributed by atoms with van der Waals surface area (Å²) in [6.45, 7) is 1.11. The third kappa shape index (κ3) is 2.88. The van der Waals surface area contributed by atoms with Gasteiger partial charge in [0.25, 0.3) is 0 Å². The van der Waals surface area contributed by atoms with E-state index in [-0.39, 0.29) is 24.0 Å². The van der Waals surface area contributed by atoms with E-state index in [9.17, 15) is 0 Å². The smallest absolute Gasteiger partial charge is 0.164 e. The molecule has 0 aromatic heterocycles. The third-order valence-electron chi connectivity index (χ3n) is 1.97. The molecule has 1 aromatic carbocycles. The first-order valence-corrected chi connectivity index (χ1v) is 5.32. The number of nitrogens with zero attached hydrogens (tertiary/aromatic N) is 2. The molecule has 76 valence electrons. The van der Waals surface area contributed by atoms with Gasteiger partial charge in [-0.2, -0.15) is 0 Å². The van der Waals surface area contributed by atoms with Crippen molar-refractivity contribution >= 4 is 22.6 Å². The lowest BCUT2D eigenvalue weighted by atomic mass is 10.3. The van der Waals surface area contributed by atoms with Crippen LogP contribution >= 0.6 is 11.8 Å². The zero-order chi connectivity index (χ0) is 9.10. The molecule has 1 aliphatic rings. The van der Waals surface area contributed by atoms with Gasteiger partial charge in [-0.25, -0.2) is 4.99 Å². The zero-order valence-electron chi connectivity index (χ0n) is 7.98. The van der Waals surface area contributed by atoms with Crippen LogP contribution in [0.25, 0.3) is 0 Å². The van der Waals surface area contributed by atoms with Crippen molar-refractivity contribution in [3.8, 4) is 0 Å². The summed E-state index contributed by atoms with van der Waals surface area (Å²) >= 11 is 1.82. The van der Waals surface area contributed by atoms with E-state index >= 15 is 0 Å². The highest BCUT2D eigenvalue weighted by atomic mass is 127. The van der Waals surface area contributed by atoms with Crippen molar-refractivity contribution in [2.45, 2.75) is 0 Å². The van der Waals surface area contributed by atoms with E-state index in [1.165, 1.54) is 0 Å². The Morgan fingerprint density at radius 1 is 1.29 bits per heavy atom. The Bertz CT molecular complexity index is 313. The van der Waals surface area contributed by atoms with Gasteiger partial charge in [-0.3, -0.25) is 0 Å². The van der Waals surface area contributed by atoms with Crippen LogP contribution in [0.5, 0.6) is 0 Å². The van der Waals surface area contributed by atoms with Crippen LogP contribution in [0.1, 0.15) is 0 Å². The van der Waals surface area contributed by atoms with Crippen LogP contribution < -0.4 is 24.0 Å². The van der Waals surface area contributed by atoms with Crippen LogP contribution in [0, 0.1) is 0 Å². The molecule has 0 radical (unpaired) electrons. The monoisotopic (exact) mass is 319 g/mol. The fourth-order valence-electron chi connectivity index (χ4n) is 1.21. The van der Waals surface area contributed by atoms with Gasteiger partial charge in [-0.15, -0.1) is 0 Å². The van der Waals surface area contributed by atoms with Gasteiger partial charge in [-0.1, -0.05) is 30.0 Å². The lowest BCUT2D eigenvalue weighted by molar-refractivity contribution is -0.00000262. The lowest BCUT2D eigenvalue weighted by Crippen LogP contribution is -3.00. The van der Waals surface area contributed by atoms with Crippen molar-refractivity contribution < 1.29 is 24.0 Å². The molecule has 0 atom stereocenters. The summed E-state index contributed by atoms with van der Waals surface area (Å²) in [5.41, 5.74) is 1.04. The van der Waals surface area contributed by atoms with Gasteiger partial charge >= 0.3 is 0 Å². The molecule has 1 heterocycles. The van der Waals surface area contributed by atoms with Crippen LogP contribution in [0.2, 0.25) is 0 Å². The quantitative estimate of drug-likeness (QED) is 0.640. The molecular formula is C10H12IN2S-. The average molecular weight is 319 g/mol. The van der Waals surface area contributed by atoms with Gasteiger partial charge in [0.15, 0.2) is 5.17 Å². The van der Waals surface area contributed by atoms with Crippen LogP contribution in [-0.4, -0.2) is 29.4 Å². The second-order valence-corrected chi connectivity index (χ2v) is 4.06. The normalized spacial score (nSPS) is 18.4. The molecule has 4 heteroatoms. The van der Waals surface area contributed by atoms with Gasteiger partial charge in [0.1, 0.15) is 0 Å². The molecule has 1 saturated heterocycles. The Morgan fingerprint density at radius 3 is 2.57 bits per heavy atom. The molecule has 1 aromatic rings. The Balaban J connectivity index is 0.000000980. The van der Waals surface area contributed by atoms with E-state index in [0.717, 1.165) is 23.2 Å². The van der Waals surface area contributed by atoms with Gasteiger partial charge < -0.3 is 28.9 Å². The minimum atomic E-state index is 0. The minimum absolute atomic E-state index is 0. The highest BCUT2D eigenvalue weighted by Crippen LogP contribution is 2.20. The number of halogens is 1. The number of thioether (sulfide) groups is 1. The Labute approximate surface area is 106 Å². The summed E-state index contributed by atoms with van der Waals surface area (Å²) in [7, 11) is 2.09. The Morgan fingerprint density at radius 2 is 2.00 bits per heavy atom. The molecule has 1 aliphatic heterocycles. The lowest BCUT2D eigenvalue weighted by Gasteiger charge is -2.08. The molecule has 0 aliphatic carbocycles. The predicted molar refractivity (Wildman–Crippen MR) is 58.6 cm³/mol. The van der Waals surface area contributed by atoms with Gasteiger partial charge in [0, 0.05) is 19.3 Å². The minimum Gasteiger partial charge on any atom is -1.00 e. The van der Waals surface area contributed by atoms with Crippen LogP contribution in [0.4, 0.5) is 5.69 Å². The molecule has 0 spiro atoms. The maximum Gasteiger partial charge on any atom is 0.164 e. The van der Waals surface area contributed by atoms with E-state index in [4.69, 9.17) is 0 Å². The van der Waals surface area contributed by atoms with Crippen LogP contribution in [0.15, 0.2) is 35.3 Å². The fourth-order valence-corrected chi connectivity index (χ4v) is 2.24. The van der Waals surface area contributed by atoms with E-state index in [0.29, 0.717) is 0 Å². The number of hydrogen-bond acceptors (Lipinski definition) is 2. The molecule has 14 heavy (non-hydrogen) atoms. The van der Waals surface area contributed by atoms with Gasteiger partial charge in [0.05, 0.1) is 5.69 Å². The van der Waals surface area contributed by atoms with Gasteiger partial charge in [-0.05, 0) is 12.1 Å². The second-order valence-electron chi connectivity index (χ2n) is 3.00. The molecular weight excluding hydrogens is 307 g/mol. The number of para-hydroxylation sites is 1. The summed E-state index contributed by atoms with van der Waals surface area (Å²) in [4.78, 5) is 6.74. The van der Waals surface area contributed by atoms with Crippen molar-refractivity contribution in [1.82, 2.24) is 4.90 Å². The Kier molecular flexibility index (Phi) is 4.74. The predicted octanol–water partition coefficient (Wildman–Crippen LogP) is -0.643. The largest absolute Gasteiger partial charge is 1.00 e. The van der Waals surface area contributed by atoms with Crippen molar-refractivity contribution in [3.63, 3.8) is 0 Å². The van der Waals surface area contributed by atoms with Crippen molar-refractivity contribution in [2.24, 2.45) is 4.99 Å². The molecule has 0 amide bonds. The number of benzene rings is 1. The topological polar surface area (TPSA) is 15.6 Å². The maximum absolute atomic E-state index is 4.54. The molecule has 0 N–H and O–H groups in total. The van der Waals surface area contributed by atoms with Crippen LogP contribution in [0.3, 0.4) is 0 Å². The standard InChI is InChI=1S/C10H12N2S.HI/c1-12-7-8-13-10(12)11-9-5-3-2-4-6-9;/h2-6H,7-8H2,1H3;1H/p-1. The number of amidine groups is 1. The summed E-state index contributed by atoms with van der Waals surface area (Å²) in [5, 5.41) is 1.13. The number of hydrogen-bond donors (Lipinski definition) is 0. The van der Waals surface area contributed by atoms with E-state index in [1.54, 1.807) is 0 Å². The van der Waals surface area contributed by atoms with Crippen molar-refractivity contribution in [3.05, 3.63) is 30.3 Å². The summed E-state index contributed by atoms with van der Waals surface area (Å²) in [6.07, 6.45) is 0. The first-order valence-electron chi connectivity index (χ1n) is 4.34. The Hall–Kier alpha value is -0.230. The summed E-state index contributed by atoms with van der Waals surface area (Å²) < 4.78 is 0. The van der Waals surface area contributed by atoms with Crippen LogP contribution in [-0.2, 0) is 0 Å². The SMILES string of the molecule is CN1CCSC1=Nc1ccccc1.[I-]. The fraction of sp³-hybridized carbons (Fsp3) is 0.300. The summed E-state index contributed by atoms with van der Waals surface area (Å²) in [5.74, 6) is 1.15. The van der Waals surface area contributed by atoms with E-state index < -0.39 is 0 Å². The maximum atomic E-state index is 4.54. The number of rotatable bonds is 1. The molecule has 1 fully saturated rings. The van der Waals surface area contributed by atoms with E-state index in [1.807, 2.05) is 42.1 Å².